The van der Waals surface area contributed by atoms with Crippen LogP contribution in [0.2, 0.25) is 0 Å². The van der Waals surface area contributed by atoms with Gasteiger partial charge in [-0.3, -0.25) is 4.79 Å². The van der Waals surface area contributed by atoms with E-state index < -0.39 is 0 Å². The van der Waals surface area contributed by atoms with Crippen LogP contribution in [0.4, 0.5) is 0 Å². The first-order valence-electron chi connectivity index (χ1n) is 5.00. The lowest BCUT2D eigenvalue weighted by Crippen LogP contribution is -2.04. The fourth-order valence-electron chi connectivity index (χ4n) is 2.51. The van der Waals surface area contributed by atoms with Crippen LogP contribution in [0.25, 0.3) is 0 Å². The van der Waals surface area contributed by atoms with Crippen molar-refractivity contribution in [2.45, 2.75) is 12.8 Å². The van der Waals surface area contributed by atoms with Crippen molar-refractivity contribution < 1.29 is 9.53 Å². The monoisotopic (exact) mass is 188 g/mol. The van der Waals surface area contributed by atoms with Gasteiger partial charge in [0.25, 0.3) is 0 Å². The summed E-state index contributed by atoms with van der Waals surface area (Å²) in [5.74, 6) is 1.07. The van der Waals surface area contributed by atoms with Gasteiger partial charge in [0.2, 0.25) is 0 Å². The van der Waals surface area contributed by atoms with E-state index in [2.05, 4.69) is 31.2 Å². The van der Waals surface area contributed by atoms with E-state index in [4.69, 9.17) is 4.74 Å². The largest absolute Gasteiger partial charge is 0.465 e. The zero-order chi connectivity index (χ0) is 9.71. The van der Waals surface area contributed by atoms with Crippen molar-refractivity contribution in [2.24, 2.45) is 11.8 Å². The number of carbonyl (C=O) groups excluding carboxylic acids is 1. The fraction of sp³-hybridized carbons (Fsp3) is 0.417. The topological polar surface area (TPSA) is 26.3 Å². The molecule has 2 aliphatic rings. The van der Waals surface area contributed by atoms with Crippen molar-refractivity contribution in [3.8, 4) is 0 Å². The van der Waals surface area contributed by atoms with Crippen molar-refractivity contribution in [3.05, 3.63) is 35.4 Å². The van der Waals surface area contributed by atoms with E-state index in [0.29, 0.717) is 18.4 Å². The van der Waals surface area contributed by atoms with E-state index in [0.717, 1.165) is 0 Å². The van der Waals surface area contributed by atoms with Gasteiger partial charge in [-0.25, -0.2) is 0 Å². The zero-order valence-corrected chi connectivity index (χ0v) is 8.07. The first kappa shape index (κ1) is 8.04. The van der Waals surface area contributed by atoms with Gasteiger partial charge in [-0.1, -0.05) is 29.8 Å². The van der Waals surface area contributed by atoms with Crippen molar-refractivity contribution >= 4 is 5.97 Å². The maximum absolute atomic E-state index is 11.3. The van der Waals surface area contributed by atoms with Crippen LogP contribution < -0.4 is 0 Å². The molecule has 0 N–H and O–H groups in total. The molecular weight excluding hydrogens is 176 g/mol. The Morgan fingerprint density at radius 3 is 2.86 bits per heavy atom. The van der Waals surface area contributed by atoms with Crippen LogP contribution in [0.15, 0.2) is 24.3 Å². The Morgan fingerprint density at radius 2 is 2.21 bits per heavy atom. The second kappa shape index (κ2) is 2.59. The van der Waals surface area contributed by atoms with Crippen LogP contribution in [0, 0.1) is 18.8 Å². The number of cyclic esters (lactones) is 1. The summed E-state index contributed by atoms with van der Waals surface area (Å²) in [5, 5.41) is 0. The van der Waals surface area contributed by atoms with Gasteiger partial charge in [0, 0.05) is 11.8 Å². The second-order valence-electron chi connectivity index (χ2n) is 4.26. The third-order valence-electron chi connectivity index (χ3n) is 3.29. The van der Waals surface area contributed by atoms with E-state index in [1.807, 2.05) is 0 Å². The van der Waals surface area contributed by atoms with Crippen LogP contribution in [-0.4, -0.2) is 12.6 Å². The molecule has 1 aromatic rings. The smallest absolute Gasteiger partial charge is 0.310 e. The summed E-state index contributed by atoms with van der Waals surface area (Å²) in [5.41, 5.74) is 2.57. The predicted molar refractivity (Wildman–Crippen MR) is 51.9 cm³/mol. The normalized spacial score (nSPS) is 33.8. The highest BCUT2D eigenvalue weighted by Gasteiger charge is 2.61. The molecule has 1 saturated heterocycles. The minimum absolute atomic E-state index is 0.00139. The van der Waals surface area contributed by atoms with Gasteiger partial charge in [0.15, 0.2) is 0 Å². The van der Waals surface area contributed by atoms with Gasteiger partial charge in [0.05, 0.1) is 12.5 Å². The molecule has 0 radical (unpaired) electrons. The molecule has 0 aromatic heterocycles. The molecule has 0 bridgehead atoms. The molecular formula is C12H12O2. The molecule has 2 nitrogen and oxygen atoms in total. The lowest BCUT2D eigenvalue weighted by Gasteiger charge is -2.04. The lowest BCUT2D eigenvalue weighted by molar-refractivity contribution is -0.141. The standard InChI is InChI=1S/C12H12O2/c1-7-3-2-4-8(5-7)10-9-6-14-12(13)11(9)10/h2-5,9-11H,6H2,1H3/t9-,10+,11-/m0/s1. The molecule has 3 atom stereocenters. The Bertz CT molecular complexity index is 397. The minimum atomic E-state index is 0.00139. The first-order valence-corrected chi connectivity index (χ1v) is 5.00. The SMILES string of the molecule is Cc1cccc([C@@H]2[C@@H]3COC(=O)[C@@H]32)c1. The number of hydrogen-bond acceptors (Lipinski definition) is 2. The number of fused-ring (bicyclic) bond motifs is 1. The molecule has 14 heavy (non-hydrogen) atoms. The molecule has 72 valence electrons. The highest BCUT2D eigenvalue weighted by molar-refractivity contribution is 5.80. The van der Waals surface area contributed by atoms with Crippen molar-refractivity contribution in [1.82, 2.24) is 0 Å². The fourth-order valence-corrected chi connectivity index (χ4v) is 2.51. The van der Waals surface area contributed by atoms with Crippen LogP contribution in [0.3, 0.4) is 0 Å². The molecule has 1 aliphatic heterocycles. The highest BCUT2D eigenvalue weighted by atomic mass is 16.5. The van der Waals surface area contributed by atoms with Crippen molar-refractivity contribution in [3.63, 3.8) is 0 Å². The Labute approximate surface area is 82.9 Å². The first-order chi connectivity index (χ1) is 6.77. The highest BCUT2D eigenvalue weighted by Crippen LogP contribution is 2.58. The van der Waals surface area contributed by atoms with Gasteiger partial charge < -0.3 is 4.74 Å². The van der Waals surface area contributed by atoms with Gasteiger partial charge >= 0.3 is 5.97 Å². The summed E-state index contributed by atoms with van der Waals surface area (Å²) in [7, 11) is 0. The number of ether oxygens (including phenoxy) is 1. The van der Waals surface area contributed by atoms with Gasteiger partial charge in [-0.2, -0.15) is 0 Å². The van der Waals surface area contributed by atoms with E-state index in [-0.39, 0.29) is 11.9 Å². The molecule has 0 amide bonds. The molecule has 3 rings (SSSR count). The average Bonchev–Trinajstić information content (AvgIpc) is 2.78. The molecule has 1 aromatic carbocycles. The van der Waals surface area contributed by atoms with Crippen LogP contribution in [0.5, 0.6) is 0 Å². The molecule has 1 aliphatic carbocycles. The summed E-state index contributed by atoms with van der Waals surface area (Å²) in [4.78, 5) is 11.3. The van der Waals surface area contributed by atoms with E-state index in [9.17, 15) is 4.79 Å². The average molecular weight is 188 g/mol. The van der Waals surface area contributed by atoms with Gasteiger partial charge in [0.1, 0.15) is 0 Å². The van der Waals surface area contributed by atoms with Crippen molar-refractivity contribution in [1.29, 1.82) is 0 Å². The Morgan fingerprint density at radius 1 is 1.36 bits per heavy atom. The molecule has 1 heterocycles. The van der Waals surface area contributed by atoms with Gasteiger partial charge in [-0.15, -0.1) is 0 Å². The number of esters is 1. The second-order valence-corrected chi connectivity index (χ2v) is 4.26. The predicted octanol–water partition coefficient (Wildman–Crippen LogP) is 1.88. The molecule has 0 unspecified atom stereocenters. The third kappa shape index (κ3) is 0.999. The quantitative estimate of drug-likeness (QED) is 0.629. The summed E-state index contributed by atoms with van der Waals surface area (Å²) in [6.45, 7) is 2.71. The molecule has 0 spiro atoms. The number of aryl methyl sites for hydroxylation is 1. The lowest BCUT2D eigenvalue weighted by atomic mass is 10.1. The maximum Gasteiger partial charge on any atom is 0.310 e. The molecule has 2 heteroatoms. The van der Waals surface area contributed by atoms with Crippen LogP contribution in [-0.2, 0) is 9.53 Å². The van der Waals surface area contributed by atoms with Crippen LogP contribution in [0.1, 0.15) is 17.0 Å². The summed E-state index contributed by atoms with van der Waals surface area (Å²) >= 11 is 0. The minimum Gasteiger partial charge on any atom is -0.465 e. The molecule has 2 fully saturated rings. The maximum atomic E-state index is 11.3. The summed E-state index contributed by atoms with van der Waals surface area (Å²) in [6, 6.07) is 8.43. The van der Waals surface area contributed by atoms with Crippen LogP contribution >= 0.6 is 0 Å². The summed E-state index contributed by atoms with van der Waals surface area (Å²) in [6.07, 6.45) is 0. The Hall–Kier alpha value is -1.31. The Balaban J connectivity index is 1.89. The number of hydrogen-bond donors (Lipinski definition) is 0. The van der Waals surface area contributed by atoms with Crippen molar-refractivity contribution in [2.75, 3.05) is 6.61 Å². The third-order valence-corrected chi connectivity index (χ3v) is 3.29. The number of benzene rings is 1. The van der Waals surface area contributed by atoms with E-state index in [1.165, 1.54) is 11.1 Å². The molecule has 1 saturated carbocycles. The van der Waals surface area contributed by atoms with E-state index in [1.54, 1.807) is 0 Å². The number of rotatable bonds is 1. The van der Waals surface area contributed by atoms with E-state index >= 15 is 0 Å². The zero-order valence-electron chi connectivity index (χ0n) is 8.07. The Kier molecular flexibility index (Phi) is 1.49. The number of carbonyl (C=O) groups is 1. The van der Waals surface area contributed by atoms with Gasteiger partial charge in [-0.05, 0) is 12.5 Å². The summed E-state index contributed by atoms with van der Waals surface area (Å²) < 4.78 is 4.96.